The van der Waals surface area contributed by atoms with E-state index in [1.165, 1.54) is 0 Å². The Morgan fingerprint density at radius 1 is 1.10 bits per heavy atom. The molecule has 6 nitrogen and oxygen atoms in total. The molecule has 8 heteroatoms. The van der Waals surface area contributed by atoms with Crippen LogP contribution in [0.1, 0.15) is 18.9 Å². The minimum Gasteiger partial charge on any atom is -0.494 e. The molecule has 1 heterocycles. The number of nitrogens with zero attached hydrogens (tertiary/aromatic N) is 1. The number of anilines is 1. The van der Waals surface area contributed by atoms with E-state index in [2.05, 4.69) is 15.0 Å². The molecule has 0 fully saturated rings. The van der Waals surface area contributed by atoms with Crippen LogP contribution < -0.4 is 14.8 Å². The normalized spacial score (nSPS) is 11.6. The van der Waals surface area contributed by atoms with E-state index in [0.29, 0.717) is 36.9 Å². The second-order valence-corrected chi connectivity index (χ2v) is 8.76. The molecule has 0 saturated heterocycles. The molecule has 3 aromatic rings. The van der Waals surface area contributed by atoms with E-state index in [4.69, 9.17) is 16.3 Å². The van der Waals surface area contributed by atoms with Crippen molar-refractivity contribution in [1.82, 2.24) is 9.71 Å². The van der Waals surface area contributed by atoms with E-state index in [1.807, 2.05) is 38.1 Å². The van der Waals surface area contributed by atoms with Gasteiger partial charge in [0.2, 0.25) is 10.0 Å². The molecule has 0 amide bonds. The molecule has 2 N–H and O–H groups in total. The lowest BCUT2D eigenvalue weighted by atomic mass is 10.2. The lowest BCUT2D eigenvalue weighted by molar-refractivity contribution is 0.337. The summed E-state index contributed by atoms with van der Waals surface area (Å²) in [7, 11) is -3.56. The molecular formula is C21H24ClN3O3S. The molecule has 0 spiro atoms. The molecule has 1 aromatic heterocycles. The number of sulfonamides is 1. The molecule has 0 aliphatic carbocycles. The Hall–Kier alpha value is -2.35. The van der Waals surface area contributed by atoms with Crippen molar-refractivity contribution in [3.63, 3.8) is 0 Å². The zero-order valence-electron chi connectivity index (χ0n) is 16.4. The summed E-state index contributed by atoms with van der Waals surface area (Å²) in [5.74, 6) is 0.696. The summed E-state index contributed by atoms with van der Waals surface area (Å²) >= 11 is 6.01. The lowest BCUT2D eigenvalue weighted by Crippen LogP contribution is -2.26. The molecule has 0 aliphatic rings. The van der Waals surface area contributed by atoms with Crippen LogP contribution in [0.4, 0.5) is 5.69 Å². The van der Waals surface area contributed by atoms with Gasteiger partial charge in [-0.25, -0.2) is 13.1 Å². The first kappa shape index (κ1) is 21.4. The maximum absolute atomic E-state index is 12.5. The molecule has 0 bridgehead atoms. The number of pyridine rings is 1. The van der Waals surface area contributed by atoms with Crippen LogP contribution in [0.25, 0.3) is 10.9 Å². The number of rotatable bonds is 9. The van der Waals surface area contributed by atoms with E-state index in [9.17, 15) is 8.42 Å². The number of ether oxygens (including phenoxy) is 1. The van der Waals surface area contributed by atoms with Crippen molar-refractivity contribution in [1.29, 1.82) is 0 Å². The first-order valence-electron chi connectivity index (χ1n) is 9.42. The van der Waals surface area contributed by atoms with Crippen molar-refractivity contribution in [2.45, 2.75) is 25.2 Å². The van der Waals surface area contributed by atoms with Crippen LogP contribution in [-0.4, -0.2) is 33.1 Å². The molecule has 0 aliphatic heterocycles. The van der Waals surface area contributed by atoms with E-state index < -0.39 is 10.0 Å². The number of benzene rings is 2. The standard InChI is InChI=1S/C21H24ClN3O3S/c1-3-28-21-8-6-17(13-15(21)2)29(26,27)25-11-4-10-23-19-9-12-24-20-14-16(22)5-7-18(19)20/h5-9,12-14,25H,3-4,10-11H2,1-2H3,(H,23,24). The molecule has 0 saturated carbocycles. The van der Waals surface area contributed by atoms with Gasteiger partial charge < -0.3 is 10.1 Å². The van der Waals surface area contributed by atoms with Gasteiger partial charge >= 0.3 is 0 Å². The summed E-state index contributed by atoms with van der Waals surface area (Å²) in [5.41, 5.74) is 2.55. The number of fused-ring (bicyclic) bond motifs is 1. The number of hydrogen-bond donors (Lipinski definition) is 2. The van der Waals surface area contributed by atoms with Crippen molar-refractivity contribution in [2.24, 2.45) is 0 Å². The van der Waals surface area contributed by atoms with Crippen molar-refractivity contribution in [3.05, 3.63) is 59.2 Å². The quantitative estimate of drug-likeness (QED) is 0.489. The van der Waals surface area contributed by atoms with Gasteiger partial charge in [0.25, 0.3) is 0 Å². The third-order valence-corrected chi connectivity index (χ3v) is 6.12. The van der Waals surface area contributed by atoms with Gasteiger partial charge in [0.15, 0.2) is 0 Å². The Morgan fingerprint density at radius 3 is 2.69 bits per heavy atom. The fourth-order valence-corrected chi connectivity index (χ4v) is 4.31. The van der Waals surface area contributed by atoms with E-state index in [0.717, 1.165) is 22.2 Å². The smallest absolute Gasteiger partial charge is 0.240 e. The fourth-order valence-electron chi connectivity index (χ4n) is 2.98. The first-order valence-corrected chi connectivity index (χ1v) is 11.3. The number of nitrogens with one attached hydrogen (secondary N) is 2. The number of hydrogen-bond acceptors (Lipinski definition) is 5. The Balaban J connectivity index is 1.54. The van der Waals surface area contributed by atoms with Crippen LogP contribution in [0.5, 0.6) is 5.75 Å². The zero-order valence-corrected chi connectivity index (χ0v) is 18.0. The van der Waals surface area contributed by atoms with Crippen LogP contribution in [0, 0.1) is 6.92 Å². The highest BCUT2D eigenvalue weighted by Gasteiger charge is 2.15. The zero-order chi connectivity index (χ0) is 20.9. The van der Waals surface area contributed by atoms with Crippen molar-refractivity contribution in [3.8, 4) is 5.75 Å². The summed E-state index contributed by atoms with van der Waals surface area (Å²) in [6, 6.07) is 12.3. The second-order valence-electron chi connectivity index (χ2n) is 6.56. The molecule has 0 atom stereocenters. The van der Waals surface area contributed by atoms with Crippen LogP contribution >= 0.6 is 11.6 Å². The third kappa shape index (κ3) is 5.38. The topological polar surface area (TPSA) is 80.3 Å². The van der Waals surface area contributed by atoms with Gasteiger partial charge in [-0.1, -0.05) is 11.6 Å². The van der Waals surface area contributed by atoms with Crippen molar-refractivity contribution in [2.75, 3.05) is 25.0 Å². The lowest BCUT2D eigenvalue weighted by Gasteiger charge is -2.12. The molecule has 3 rings (SSSR count). The van der Waals surface area contributed by atoms with Crippen molar-refractivity contribution >= 4 is 38.2 Å². The molecule has 0 radical (unpaired) electrons. The molecule has 29 heavy (non-hydrogen) atoms. The van der Waals surface area contributed by atoms with Gasteiger partial charge in [-0.3, -0.25) is 4.98 Å². The van der Waals surface area contributed by atoms with Gasteiger partial charge in [0, 0.05) is 35.4 Å². The van der Waals surface area contributed by atoms with Crippen LogP contribution in [0.15, 0.2) is 53.6 Å². The van der Waals surface area contributed by atoms with E-state index in [-0.39, 0.29) is 4.90 Å². The largest absolute Gasteiger partial charge is 0.494 e. The Morgan fingerprint density at radius 2 is 1.93 bits per heavy atom. The SMILES string of the molecule is CCOc1ccc(S(=O)(=O)NCCCNc2ccnc3cc(Cl)ccc23)cc1C. The summed E-state index contributed by atoms with van der Waals surface area (Å²) in [4.78, 5) is 4.55. The highest BCUT2D eigenvalue weighted by Crippen LogP contribution is 2.24. The third-order valence-electron chi connectivity index (χ3n) is 4.42. The highest BCUT2D eigenvalue weighted by molar-refractivity contribution is 7.89. The van der Waals surface area contributed by atoms with Crippen LogP contribution in [0.3, 0.4) is 0 Å². The van der Waals surface area contributed by atoms with Crippen molar-refractivity contribution < 1.29 is 13.2 Å². The van der Waals surface area contributed by atoms with Gasteiger partial charge in [0.1, 0.15) is 5.75 Å². The molecule has 2 aromatic carbocycles. The van der Waals surface area contributed by atoms with E-state index >= 15 is 0 Å². The molecular weight excluding hydrogens is 410 g/mol. The maximum atomic E-state index is 12.5. The molecule has 154 valence electrons. The van der Waals surface area contributed by atoms with E-state index in [1.54, 1.807) is 24.4 Å². The Bertz CT molecular complexity index is 1100. The predicted molar refractivity (Wildman–Crippen MR) is 117 cm³/mol. The fraction of sp³-hybridized carbons (Fsp3) is 0.286. The minimum absolute atomic E-state index is 0.239. The van der Waals surface area contributed by atoms with Gasteiger partial charge in [-0.15, -0.1) is 0 Å². The average molecular weight is 434 g/mol. The summed E-state index contributed by atoms with van der Waals surface area (Å²) in [6.45, 7) is 5.21. The Kier molecular flexibility index (Phi) is 6.95. The summed E-state index contributed by atoms with van der Waals surface area (Å²) in [6.07, 6.45) is 2.35. The Labute approximate surface area is 176 Å². The maximum Gasteiger partial charge on any atom is 0.240 e. The van der Waals surface area contributed by atoms with Crippen LogP contribution in [-0.2, 0) is 10.0 Å². The van der Waals surface area contributed by atoms with Gasteiger partial charge in [-0.2, -0.15) is 0 Å². The number of aryl methyl sites for hydroxylation is 1. The summed E-state index contributed by atoms with van der Waals surface area (Å²) in [5, 5.41) is 4.94. The predicted octanol–water partition coefficient (Wildman–Crippen LogP) is 4.38. The molecule has 0 unspecified atom stereocenters. The minimum atomic E-state index is -3.56. The van der Waals surface area contributed by atoms with Gasteiger partial charge in [-0.05, 0) is 68.3 Å². The summed E-state index contributed by atoms with van der Waals surface area (Å²) < 4.78 is 33.1. The van der Waals surface area contributed by atoms with Crippen LogP contribution in [0.2, 0.25) is 5.02 Å². The number of halogens is 1. The second kappa shape index (κ2) is 9.43. The first-order chi connectivity index (χ1) is 13.9. The monoisotopic (exact) mass is 433 g/mol. The van der Waals surface area contributed by atoms with Gasteiger partial charge in [0.05, 0.1) is 17.0 Å². The highest BCUT2D eigenvalue weighted by atomic mass is 35.5. The average Bonchev–Trinajstić information content (AvgIpc) is 2.69. The number of aromatic nitrogens is 1.